The SMILES string of the molecule is CSCCC(NS(=O)(=O)/C=C/c1ccccc1)C(=O)N1CCN(Cc2ccncc2)CC1. The molecule has 32 heavy (non-hydrogen) atoms. The molecule has 0 radical (unpaired) electrons. The van der Waals surface area contributed by atoms with E-state index in [1.165, 1.54) is 11.6 Å². The number of nitrogens with one attached hydrogen (secondary N) is 1. The van der Waals surface area contributed by atoms with Gasteiger partial charge in [-0.1, -0.05) is 30.3 Å². The van der Waals surface area contributed by atoms with Crippen LogP contribution in [-0.4, -0.2) is 73.3 Å². The van der Waals surface area contributed by atoms with Crippen LogP contribution in [0.15, 0.2) is 60.3 Å². The molecule has 1 aromatic carbocycles. The zero-order valence-corrected chi connectivity index (χ0v) is 19.9. The molecule has 0 spiro atoms. The minimum Gasteiger partial charge on any atom is -0.339 e. The van der Waals surface area contributed by atoms with Gasteiger partial charge in [-0.25, -0.2) is 8.42 Å². The van der Waals surface area contributed by atoms with Crippen LogP contribution in [0.5, 0.6) is 0 Å². The predicted octanol–water partition coefficient (Wildman–Crippen LogP) is 2.44. The van der Waals surface area contributed by atoms with Gasteiger partial charge in [-0.05, 0) is 47.8 Å². The maximum atomic E-state index is 13.2. The maximum absolute atomic E-state index is 13.2. The summed E-state index contributed by atoms with van der Waals surface area (Å²) in [5.74, 6) is 0.544. The molecule has 1 aliphatic heterocycles. The summed E-state index contributed by atoms with van der Waals surface area (Å²) in [6.07, 6.45) is 7.50. The lowest BCUT2D eigenvalue weighted by Crippen LogP contribution is -2.54. The Bertz CT molecular complexity index is 977. The Labute approximate surface area is 195 Å². The van der Waals surface area contributed by atoms with E-state index in [1.807, 2.05) is 48.7 Å². The number of benzene rings is 1. The third kappa shape index (κ3) is 7.74. The van der Waals surface area contributed by atoms with Crippen molar-refractivity contribution >= 4 is 33.8 Å². The van der Waals surface area contributed by atoms with Gasteiger partial charge in [0.15, 0.2) is 0 Å². The van der Waals surface area contributed by atoms with Gasteiger partial charge in [-0.15, -0.1) is 0 Å². The second kappa shape index (κ2) is 12.2. The highest BCUT2D eigenvalue weighted by molar-refractivity contribution is 7.98. The highest BCUT2D eigenvalue weighted by Gasteiger charge is 2.29. The van der Waals surface area contributed by atoms with Gasteiger partial charge < -0.3 is 4.90 Å². The molecule has 1 atom stereocenters. The summed E-state index contributed by atoms with van der Waals surface area (Å²) in [6, 6.07) is 12.4. The van der Waals surface area contributed by atoms with Gasteiger partial charge in [-0.3, -0.25) is 14.7 Å². The molecular weight excluding hydrogens is 444 g/mol. The lowest BCUT2D eigenvalue weighted by atomic mass is 10.2. The zero-order chi connectivity index (χ0) is 22.8. The standard InChI is InChI=1S/C23H30N4O3S2/c1-31-17-9-22(25-32(29,30)18-10-20-5-3-2-4-6-20)23(28)27-15-13-26(14-16-27)19-21-7-11-24-12-8-21/h2-8,10-12,18,22,25H,9,13-17,19H2,1H3/b18-10+. The van der Waals surface area contributed by atoms with Crippen molar-refractivity contribution in [2.45, 2.75) is 19.0 Å². The van der Waals surface area contributed by atoms with E-state index in [1.54, 1.807) is 29.1 Å². The number of hydrogen-bond acceptors (Lipinski definition) is 6. The smallest absolute Gasteiger partial charge is 0.240 e. The van der Waals surface area contributed by atoms with Crippen molar-refractivity contribution in [3.05, 3.63) is 71.4 Å². The number of carbonyl (C=O) groups is 1. The van der Waals surface area contributed by atoms with Crippen LogP contribution in [0.3, 0.4) is 0 Å². The fraction of sp³-hybridized carbons (Fsp3) is 0.391. The Hall–Kier alpha value is -2.20. The first-order chi connectivity index (χ1) is 15.5. The average Bonchev–Trinajstić information content (AvgIpc) is 2.82. The zero-order valence-electron chi connectivity index (χ0n) is 18.3. The first-order valence-electron chi connectivity index (χ1n) is 10.6. The summed E-state index contributed by atoms with van der Waals surface area (Å²) >= 11 is 1.59. The number of thioether (sulfide) groups is 1. The summed E-state index contributed by atoms with van der Waals surface area (Å²) in [7, 11) is -3.75. The molecule has 1 aliphatic rings. The molecule has 1 saturated heterocycles. The van der Waals surface area contributed by atoms with Crippen LogP contribution in [0, 0.1) is 0 Å². The summed E-state index contributed by atoms with van der Waals surface area (Å²) in [4.78, 5) is 21.3. The lowest BCUT2D eigenvalue weighted by Gasteiger charge is -2.36. The molecule has 0 saturated carbocycles. The van der Waals surface area contributed by atoms with Gasteiger partial charge in [0.05, 0.1) is 0 Å². The van der Waals surface area contributed by atoms with Crippen molar-refractivity contribution in [3.63, 3.8) is 0 Å². The third-order valence-electron chi connectivity index (χ3n) is 5.29. The molecule has 3 rings (SSSR count). The first kappa shape index (κ1) is 24.4. The van der Waals surface area contributed by atoms with Gasteiger partial charge in [0.2, 0.25) is 15.9 Å². The molecule has 9 heteroatoms. The van der Waals surface area contributed by atoms with E-state index in [4.69, 9.17) is 0 Å². The maximum Gasteiger partial charge on any atom is 0.240 e. The van der Waals surface area contributed by atoms with E-state index in [2.05, 4.69) is 14.6 Å². The third-order valence-corrected chi connectivity index (χ3v) is 7.05. The van der Waals surface area contributed by atoms with E-state index >= 15 is 0 Å². The Kier molecular flexibility index (Phi) is 9.28. The van der Waals surface area contributed by atoms with Crippen molar-refractivity contribution in [3.8, 4) is 0 Å². The summed E-state index contributed by atoms with van der Waals surface area (Å²) in [5, 5.41) is 1.13. The first-order valence-corrected chi connectivity index (χ1v) is 13.6. The summed E-state index contributed by atoms with van der Waals surface area (Å²) in [5.41, 5.74) is 1.98. The van der Waals surface area contributed by atoms with Crippen molar-refractivity contribution in [1.29, 1.82) is 0 Å². The van der Waals surface area contributed by atoms with Crippen molar-refractivity contribution in [2.24, 2.45) is 0 Å². The summed E-state index contributed by atoms with van der Waals surface area (Å²) in [6.45, 7) is 3.49. The van der Waals surface area contributed by atoms with Crippen molar-refractivity contribution in [2.75, 3.05) is 38.2 Å². The van der Waals surface area contributed by atoms with Crippen LogP contribution in [0.25, 0.3) is 6.08 Å². The molecule has 1 unspecified atom stereocenters. The van der Waals surface area contributed by atoms with Gasteiger partial charge in [0.1, 0.15) is 6.04 Å². The Morgan fingerprint density at radius 3 is 2.47 bits per heavy atom. The molecule has 1 N–H and O–H groups in total. The van der Waals surface area contributed by atoms with Gasteiger partial charge in [0, 0.05) is 50.5 Å². The number of amides is 1. The number of piperazine rings is 1. The van der Waals surface area contributed by atoms with Crippen molar-refractivity contribution in [1.82, 2.24) is 19.5 Å². The number of sulfonamides is 1. The number of nitrogens with zero attached hydrogens (tertiary/aromatic N) is 3. The number of rotatable bonds is 10. The van der Waals surface area contributed by atoms with E-state index in [-0.39, 0.29) is 5.91 Å². The average molecular weight is 475 g/mol. The van der Waals surface area contributed by atoms with Gasteiger partial charge in [-0.2, -0.15) is 16.5 Å². The quantitative estimate of drug-likeness (QED) is 0.570. The minimum absolute atomic E-state index is 0.153. The van der Waals surface area contributed by atoms with Crippen molar-refractivity contribution < 1.29 is 13.2 Å². The lowest BCUT2D eigenvalue weighted by molar-refractivity contribution is -0.134. The Balaban J connectivity index is 1.59. The van der Waals surface area contributed by atoms with Gasteiger partial charge in [0.25, 0.3) is 0 Å². The molecule has 0 bridgehead atoms. The predicted molar refractivity (Wildman–Crippen MR) is 130 cm³/mol. The topological polar surface area (TPSA) is 82.6 Å². The molecule has 2 heterocycles. The second-order valence-electron chi connectivity index (χ2n) is 7.67. The molecule has 1 amide bonds. The molecule has 0 aliphatic carbocycles. The molecular formula is C23H30N4O3S2. The fourth-order valence-electron chi connectivity index (χ4n) is 3.53. The molecule has 2 aromatic rings. The molecule has 1 aromatic heterocycles. The number of pyridine rings is 1. The minimum atomic E-state index is -3.75. The van der Waals surface area contributed by atoms with Crippen LogP contribution in [-0.2, 0) is 21.4 Å². The van der Waals surface area contributed by atoms with Gasteiger partial charge >= 0.3 is 0 Å². The highest BCUT2D eigenvalue weighted by atomic mass is 32.2. The largest absolute Gasteiger partial charge is 0.339 e. The van der Waals surface area contributed by atoms with E-state index in [9.17, 15) is 13.2 Å². The summed E-state index contributed by atoms with van der Waals surface area (Å²) < 4.78 is 27.9. The van der Waals surface area contributed by atoms with E-state index in [0.717, 1.165) is 30.6 Å². The number of carbonyl (C=O) groups excluding carboxylic acids is 1. The van der Waals surface area contributed by atoms with Crippen LogP contribution in [0.2, 0.25) is 0 Å². The second-order valence-corrected chi connectivity index (χ2v) is 10.3. The van der Waals surface area contributed by atoms with Crippen LogP contribution >= 0.6 is 11.8 Å². The van der Waals surface area contributed by atoms with E-state index < -0.39 is 16.1 Å². The molecule has 1 fully saturated rings. The van der Waals surface area contributed by atoms with Crippen LogP contribution < -0.4 is 4.72 Å². The Morgan fingerprint density at radius 1 is 1.12 bits per heavy atom. The fourth-order valence-corrected chi connectivity index (χ4v) is 5.03. The van der Waals surface area contributed by atoms with Crippen LogP contribution in [0.4, 0.5) is 0 Å². The monoisotopic (exact) mass is 474 g/mol. The normalized spacial score (nSPS) is 16.3. The number of aromatic nitrogens is 1. The molecule has 7 nitrogen and oxygen atoms in total. The Morgan fingerprint density at radius 2 is 1.81 bits per heavy atom. The number of hydrogen-bond donors (Lipinski definition) is 1. The van der Waals surface area contributed by atoms with Crippen LogP contribution in [0.1, 0.15) is 17.5 Å². The van der Waals surface area contributed by atoms with E-state index in [0.29, 0.717) is 25.3 Å². The molecule has 172 valence electrons. The highest BCUT2D eigenvalue weighted by Crippen LogP contribution is 2.12.